The van der Waals surface area contributed by atoms with Gasteiger partial charge in [-0.25, -0.2) is 4.79 Å². The van der Waals surface area contributed by atoms with Gasteiger partial charge in [-0.1, -0.05) is 12.1 Å². The van der Waals surface area contributed by atoms with Crippen molar-refractivity contribution in [2.45, 2.75) is 13.1 Å². The van der Waals surface area contributed by atoms with E-state index in [-0.39, 0.29) is 6.03 Å². The van der Waals surface area contributed by atoms with Crippen molar-refractivity contribution in [2.24, 2.45) is 0 Å². The number of urea groups is 1. The number of benzene rings is 1. The molecule has 0 spiro atoms. The Kier molecular flexibility index (Phi) is 6.41. The number of hydrogen-bond acceptors (Lipinski definition) is 5. The first kappa shape index (κ1) is 18.9. The Morgan fingerprint density at radius 3 is 2.67 bits per heavy atom. The SMILES string of the molecule is COCCn1cc(NC(=O)N2CCN(Cc3ccc(C#N)cc3)CC2)cn1. The van der Waals surface area contributed by atoms with Crippen molar-refractivity contribution in [3.05, 3.63) is 47.8 Å². The highest BCUT2D eigenvalue weighted by atomic mass is 16.5. The largest absolute Gasteiger partial charge is 0.383 e. The lowest BCUT2D eigenvalue weighted by Gasteiger charge is -2.34. The number of carbonyl (C=O) groups excluding carboxylic acids is 1. The second kappa shape index (κ2) is 9.16. The van der Waals surface area contributed by atoms with Crippen LogP contribution in [0.4, 0.5) is 10.5 Å². The maximum absolute atomic E-state index is 12.4. The molecule has 1 saturated heterocycles. The highest BCUT2D eigenvalue weighted by Crippen LogP contribution is 2.12. The number of hydrogen-bond donors (Lipinski definition) is 1. The lowest BCUT2D eigenvalue weighted by atomic mass is 10.1. The molecule has 142 valence electrons. The Morgan fingerprint density at radius 2 is 2.00 bits per heavy atom. The van der Waals surface area contributed by atoms with E-state index in [9.17, 15) is 4.79 Å². The summed E-state index contributed by atoms with van der Waals surface area (Å²) in [4.78, 5) is 16.6. The molecular weight excluding hydrogens is 344 g/mol. The smallest absolute Gasteiger partial charge is 0.322 e. The number of rotatable bonds is 6. The molecule has 1 aliphatic rings. The Balaban J connectivity index is 1.44. The van der Waals surface area contributed by atoms with Gasteiger partial charge in [-0.3, -0.25) is 9.58 Å². The summed E-state index contributed by atoms with van der Waals surface area (Å²) in [5, 5.41) is 16.0. The number of methoxy groups -OCH3 is 1. The summed E-state index contributed by atoms with van der Waals surface area (Å²) in [6.45, 7) is 5.06. The molecule has 0 bridgehead atoms. The van der Waals surface area contributed by atoms with E-state index in [1.54, 1.807) is 24.2 Å². The van der Waals surface area contributed by atoms with Crippen molar-refractivity contribution >= 4 is 11.7 Å². The average molecular weight is 368 g/mol. The lowest BCUT2D eigenvalue weighted by molar-refractivity contribution is 0.143. The maximum atomic E-state index is 12.4. The molecule has 2 amide bonds. The molecule has 1 aromatic heterocycles. The fourth-order valence-corrected chi connectivity index (χ4v) is 2.99. The topological polar surface area (TPSA) is 86.4 Å². The third-order valence-electron chi connectivity index (χ3n) is 4.56. The zero-order valence-electron chi connectivity index (χ0n) is 15.5. The normalized spacial score (nSPS) is 14.7. The molecule has 1 fully saturated rings. The minimum absolute atomic E-state index is 0.0979. The van der Waals surface area contributed by atoms with E-state index in [1.165, 1.54) is 5.56 Å². The predicted molar refractivity (Wildman–Crippen MR) is 101 cm³/mol. The van der Waals surface area contributed by atoms with Crippen molar-refractivity contribution < 1.29 is 9.53 Å². The second-order valence-electron chi connectivity index (χ2n) is 6.49. The van der Waals surface area contributed by atoms with Gasteiger partial charge in [0.1, 0.15) is 0 Å². The third-order valence-corrected chi connectivity index (χ3v) is 4.56. The van der Waals surface area contributed by atoms with Gasteiger partial charge in [-0.15, -0.1) is 0 Å². The van der Waals surface area contributed by atoms with Crippen molar-refractivity contribution in [3.63, 3.8) is 0 Å². The van der Waals surface area contributed by atoms with E-state index in [1.807, 2.05) is 29.2 Å². The highest BCUT2D eigenvalue weighted by Gasteiger charge is 2.21. The molecule has 1 aromatic carbocycles. The van der Waals surface area contributed by atoms with Crippen LogP contribution in [0, 0.1) is 11.3 Å². The van der Waals surface area contributed by atoms with E-state index in [0.29, 0.717) is 37.5 Å². The van der Waals surface area contributed by atoms with Gasteiger partial charge in [0.2, 0.25) is 0 Å². The number of ether oxygens (including phenoxy) is 1. The van der Waals surface area contributed by atoms with Gasteiger partial charge >= 0.3 is 6.03 Å². The molecule has 2 heterocycles. The minimum atomic E-state index is -0.0979. The first-order chi connectivity index (χ1) is 13.2. The van der Waals surface area contributed by atoms with Crippen molar-refractivity contribution in [1.29, 1.82) is 5.26 Å². The number of anilines is 1. The zero-order valence-corrected chi connectivity index (χ0v) is 15.5. The van der Waals surface area contributed by atoms with Crippen LogP contribution in [0.1, 0.15) is 11.1 Å². The van der Waals surface area contributed by atoms with Gasteiger partial charge in [0.25, 0.3) is 0 Å². The van der Waals surface area contributed by atoms with Gasteiger partial charge < -0.3 is 15.0 Å². The van der Waals surface area contributed by atoms with Gasteiger partial charge in [0, 0.05) is 46.0 Å². The van der Waals surface area contributed by atoms with Gasteiger partial charge in [0.15, 0.2) is 0 Å². The summed E-state index contributed by atoms with van der Waals surface area (Å²) >= 11 is 0. The summed E-state index contributed by atoms with van der Waals surface area (Å²) in [5.74, 6) is 0. The van der Waals surface area contributed by atoms with E-state index < -0.39 is 0 Å². The second-order valence-corrected chi connectivity index (χ2v) is 6.49. The molecule has 8 heteroatoms. The van der Waals surface area contributed by atoms with Crippen LogP contribution in [0.25, 0.3) is 0 Å². The first-order valence-corrected chi connectivity index (χ1v) is 8.96. The number of piperazine rings is 1. The lowest BCUT2D eigenvalue weighted by Crippen LogP contribution is -2.49. The average Bonchev–Trinajstić information content (AvgIpc) is 3.14. The van der Waals surface area contributed by atoms with Crippen LogP contribution in [0.3, 0.4) is 0 Å². The van der Waals surface area contributed by atoms with Crippen LogP contribution in [0.2, 0.25) is 0 Å². The number of carbonyl (C=O) groups is 1. The number of nitrogens with zero attached hydrogens (tertiary/aromatic N) is 5. The molecule has 1 aliphatic heterocycles. The standard InChI is InChI=1S/C19H24N6O2/c1-27-11-10-25-15-18(13-21-25)22-19(26)24-8-6-23(7-9-24)14-17-4-2-16(12-20)3-5-17/h2-5,13,15H,6-11,14H2,1H3,(H,22,26). The van der Waals surface area contributed by atoms with Crippen molar-refractivity contribution in [2.75, 3.05) is 45.2 Å². The van der Waals surface area contributed by atoms with Crippen molar-refractivity contribution in [1.82, 2.24) is 19.6 Å². The summed E-state index contributed by atoms with van der Waals surface area (Å²) in [5.41, 5.74) is 2.54. The Bertz CT molecular complexity index is 787. The molecule has 3 rings (SSSR count). The van der Waals surface area contributed by atoms with E-state index >= 15 is 0 Å². The number of aromatic nitrogens is 2. The molecular formula is C19H24N6O2. The van der Waals surface area contributed by atoms with Crippen LogP contribution < -0.4 is 5.32 Å². The van der Waals surface area contributed by atoms with Crippen LogP contribution in [-0.4, -0.2) is 65.5 Å². The third kappa shape index (κ3) is 5.29. The molecule has 0 aliphatic carbocycles. The van der Waals surface area contributed by atoms with E-state index in [0.717, 1.165) is 19.6 Å². The summed E-state index contributed by atoms with van der Waals surface area (Å²) in [6.07, 6.45) is 3.45. The maximum Gasteiger partial charge on any atom is 0.322 e. The molecule has 0 atom stereocenters. The Hall–Kier alpha value is -2.89. The van der Waals surface area contributed by atoms with E-state index in [4.69, 9.17) is 10.00 Å². The zero-order chi connectivity index (χ0) is 19.1. The first-order valence-electron chi connectivity index (χ1n) is 8.96. The van der Waals surface area contributed by atoms with Crippen LogP contribution >= 0.6 is 0 Å². The summed E-state index contributed by atoms with van der Waals surface area (Å²) in [7, 11) is 1.65. The Labute approximate surface area is 158 Å². The summed E-state index contributed by atoms with van der Waals surface area (Å²) < 4.78 is 6.76. The number of amides is 2. The molecule has 2 aromatic rings. The molecule has 0 unspecified atom stereocenters. The fourth-order valence-electron chi connectivity index (χ4n) is 2.99. The molecule has 8 nitrogen and oxygen atoms in total. The van der Waals surface area contributed by atoms with Crippen LogP contribution in [0.5, 0.6) is 0 Å². The molecule has 27 heavy (non-hydrogen) atoms. The van der Waals surface area contributed by atoms with Crippen molar-refractivity contribution in [3.8, 4) is 6.07 Å². The quantitative estimate of drug-likeness (QED) is 0.839. The number of nitrogens with one attached hydrogen (secondary N) is 1. The minimum Gasteiger partial charge on any atom is -0.383 e. The monoisotopic (exact) mass is 368 g/mol. The summed E-state index contributed by atoms with van der Waals surface area (Å²) in [6, 6.07) is 9.68. The Morgan fingerprint density at radius 1 is 1.26 bits per heavy atom. The van der Waals surface area contributed by atoms with E-state index in [2.05, 4.69) is 21.4 Å². The highest BCUT2D eigenvalue weighted by molar-refractivity contribution is 5.89. The van der Waals surface area contributed by atoms with Gasteiger partial charge in [-0.05, 0) is 17.7 Å². The molecule has 0 saturated carbocycles. The molecule has 0 radical (unpaired) electrons. The fraction of sp³-hybridized carbons (Fsp3) is 0.421. The predicted octanol–water partition coefficient (Wildman–Crippen LogP) is 1.75. The van der Waals surface area contributed by atoms with Gasteiger partial charge in [0.05, 0.1) is 36.7 Å². The number of nitriles is 1. The van der Waals surface area contributed by atoms with Crippen LogP contribution in [0.15, 0.2) is 36.7 Å². The molecule has 1 N–H and O–H groups in total. The van der Waals surface area contributed by atoms with Gasteiger partial charge in [-0.2, -0.15) is 10.4 Å². The van der Waals surface area contributed by atoms with Crippen LogP contribution in [-0.2, 0) is 17.8 Å².